The summed E-state index contributed by atoms with van der Waals surface area (Å²) in [4.78, 5) is 17.0. The number of imidazole rings is 1. The lowest BCUT2D eigenvalue weighted by atomic mass is 9.89. The van der Waals surface area contributed by atoms with Gasteiger partial charge in [-0.2, -0.15) is 13.2 Å². The highest BCUT2D eigenvalue weighted by Crippen LogP contribution is 2.32. The number of aryl methyl sites for hydroxylation is 1. The van der Waals surface area contributed by atoms with Gasteiger partial charge in [-0.25, -0.2) is 22.2 Å². The van der Waals surface area contributed by atoms with Gasteiger partial charge in [0.2, 0.25) is 0 Å². The number of nitrogens with zero attached hydrogens (tertiary/aromatic N) is 2. The maximum absolute atomic E-state index is 15.0. The van der Waals surface area contributed by atoms with E-state index in [1.54, 1.807) is 6.92 Å². The van der Waals surface area contributed by atoms with Crippen LogP contribution in [0.25, 0.3) is 5.69 Å². The summed E-state index contributed by atoms with van der Waals surface area (Å²) in [5, 5.41) is 2.00. The Morgan fingerprint density at radius 2 is 1.76 bits per heavy atom. The van der Waals surface area contributed by atoms with E-state index in [2.05, 4.69) is 10.3 Å². The monoisotopic (exact) mass is 569 g/mol. The molecular weight excluding hydrogens is 541 g/mol. The van der Waals surface area contributed by atoms with Crippen molar-refractivity contribution < 1.29 is 35.2 Å². The molecule has 1 saturated carbocycles. The molecule has 1 fully saturated rings. The summed E-state index contributed by atoms with van der Waals surface area (Å²) in [6, 6.07) is 1.64. The summed E-state index contributed by atoms with van der Waals surface area (Å²) in [6.07, 6.45) is -1.48. The van der Waals surface area contributed by atoms with Gasteiger partial charge >= 0.3 is 6.18 Å². The smallest absolute Gasteiger partial charge is 0.350 e. The summed E-state index contributed by atoms with van der Waals surface area (Å²) in [7, 11) is -3.11. The van der Waals surface area contributed by atoms with Gasteiger partial charge in [0.15, 0.2) is 17.3 Å². The fourth-order valence-corrected chi connectivity index (χ4v) is 6.00. The van der Waals surface area contributed by atoms with Crippen molar-refractivity contribution in [1.29, 1.82) is 0 Å². The predicted molar refractivity (Wildman–Crippen MR) is 130 cm³/mol. The van der Waals surface area contributed by atoms with E-state index in [-0.39, 0.29) is 46.4 Å². The van der Waals surface area contributed by atoms with E-state index in [1.807, 2.05) is 0 Å². The number of rotatable bonds is 8. The molecule has 1 unspecified atom stereocenters. The van der Waals surface area contributed by atoms with Crippen molar-refractivity contribution in [2.24, 2.45) is 11.8 Å². The van der Waals surface area contributed by atoms with Crippen molar-refractivity contribution in [2.75, 3.05) is 12.8 Å². The average molecular weight is 570 g/mol. The Labute approximate surface area is 217 Å². The number of amides is 1. The van der Waals surface area contributed by atoms with Crippen molar-refractivity contribution in [3.63, 3.8) is 0 Å². The molecule has 1 N–H and O–H groups in total. The van der Waals surface area contributed by atoms with E-state index >= 15 is 0 Å². The lowest BCUT2D eigenvalue weighted by molar-refractivity contribution is -0.169. The first-order chi connectivity index (χ1) is 17.1. The van der Waals surface area contributed by atoms with E-state index in [1.165, 1.54) is 6.26 Å². The molecule has 0 spiro atoms. The molecule has 1 aliphatic carbocycles. The molecule has 0 saturated heterocycles. The molecule has 1 amide bonds. The first kappa shape index (κ1) is 29.3. The standard InChI is InChI=1S/C24H29ClF5N3O3S/c1-4-19-32-20(23(34)31-12-14-5-7-16(8-6-14)37(3,35)36)22(25)33(19)21-17(26)10-15(11-18(21)27)9-13(2)24(28,29)30/h10-11,13-14,16H,4-9,12H2,1-3H3,(H,31,34). The number of benzene rings is 1. The van der Waals surface area contributed by atoms with Crippen molar-refractivity contribution in [3.05, 3.63) is 46.0 Å². The molecule has 1 heterocycles. The van der Waals surface area contributed by atoms with Crippen LogP contribution in [0.15, 0.2) is 12.1 Å². The zero-order valence-corrected chi connectivity index (χ0v) is 22.2. The van der Waals surface area contributed by atoms with Crippen LogP contribution in [0.4, 0.5) is 22.0 Å². The van der Waals surface area contributed by atoms with Crippen LogP contribution in [0.2, 0.25) is 5.15 Å². The van der Waals surface area contributed by atoms with Gasteiger partial charge in [0, 0.05) is 19.2 Å². The van der Waals surface area contributed by atoms with Gasteiger partial charge in [-0.1, -0.05) is 25.4 Å². The first-order valence-corrected chi connectivity index (χ1v) is 14.3. The SMILES string of the molecule is CCc1nc(C(=O)NCC2CCC(S(C)(=O)=O)CC2)c(Cl)n1-c1c(F)cc(CC(C)C(F)(F)F)cc1F. The number of alkyl halides is 3. The minimum absolute atomic E-state index is 0.0648. The third kappa shape index (κ3) is 6.81. The van der Waals surface area contributed by atoms with Crippen molar-refractivity contribution in [1.82, 2.24) is 14.9 Å². The van der Waals surface area contributed by atoms with Gasteiger partial charge in [0.1, 0.15) is 26.5 Å². The van der Waals surface area contributed by atoms with Gasteiger partial charge in [-0.15, -0.1) is 0 Å². The van der Waals surface area contributed by atoms with Gasteiger partial charge < -0.3 is 5.32 Å². The minimum Gasteiger partial charge on any atom is -0.350 e. The van der Waals surface area contributed by atoms with E-state index in [0.717, 1.165) is 23.6 Å². The average Bonchev–Trinajstić information content (AvgIpc) is 3.12. The van der Waals surface area contributed by atoms with Crippen molar-refractivity contribution in [2.45, 2.75) is 63.8 Å². The second-order valence-electron chi connectivity index (χ2n) is 9.59. The Kier molecular flexibility index (Phi) is 8.94. The minimum atomic E-state index is -4.51. The predicted octanol–water partition coefficient (Wildman–Crippen LogP) is 5.44. The Hall–Kier alpha value is -2.21. The van der Waals surface area contributed by atoms with Crippen LogP contribution in [0.3, 0.4) is 0 Å². The summed E-state index contributed by atoms with van der Waals surface area (Å²) >= 11 is 6.35. The Morgan fingerprint density at radius 3 is 2.24 bits per heavy atom. The fraction of sp³-hybridized carbons (Fsp3) is 0.583. The first-order valence-electron chi connectivity index (χ1n) is 11.9. The fourth-order valence-electron chi connectivity index (χ4n) is 4.56. The molecule has 13 heteroatoms. The summed E-state index contributed by atoms with van der Waals surface area (Å²) in [6.45, 7) is 2.83. The number of hydrogen-bond donors (Lipinski definition) is 1. The van der Waals surface area contributed by atoms with Crippen LogP contribution in [0.5, 0.6) is 0 Å². The summed E-state index contributed by atoms with van der Waals surface area (Å²) < 4.78 is 93.0. The largest absolute Gasteiger partial charge is 0.391 e. The highest BCUT2D eigenvalue weighted by atomic mass is 35.5. The van der Waals surface area contributed by atoms with Crippen LogP contribution >= 0.6 is 11.6 Å². The van der Waals surface area contributed by atoms with Crippen molar-refractivity contribution >= 4 is 27.3 Å². The Morgan fingerprint density at radius 1 is 1.19 bits per heavy atom. The molecule has 0 radical (unpaired) electrons. The molecule has 1 aromatic heterocycles. The molecule has 6 nitrogen and oxygen atoms in total. The maximum Gasteiger partial charge on any atom is 0.391 e. The maximum atomic E-state index is 15.0. The van der Waals surface area contributed by atoms with E-state index in [9.17, 15) is 35.2 Å². The molecule has 2 aromatic rings. The second-order valence-corrected chi connectivity index (χ2v) is 12.3. The van der Waals surface area contributed by atoms with Crippen LogP contribution < -0.4 is 5.32 Å². The number of nitrogens with one attached hydrogen (secondary N) is 1. The number of carbonyl (C=O) groups is 1. The molecule has 37 heavy (non-hydrogen) atoms. The van der Waals surface area contributed by atoms with E-state index in [4.69, 9.17) is 11.6 Å². The molecule has 1 aromatic carbocycles. The van der Waals surface area contributed by atoms with Crippen LogP contribution in [0, 0.1) is 23.5 Å². The molecule has 3 rings (SSSR count). The van der Waals surface area contributed by atoms with Gasteiger partial charge in [0.05, 0.1) is 11.2 Å². The number of sulfone groups is 1. The van der Waals surface area contributed by atoms with Crippen LogP contribution in [-0.2, 0) is 22.7 Å². The van der Waals surface area contributed by atoms with Gasteiger partial charge in [0.25, 0.3) is 5.91 Å². The Balaban J connectivity index is 1.79. The lowest BCUT2D eigenvalue weighted by Gasteiger charge is -2.27. The number of aromatic nitrogens is 2. The second kappa shape index (κ2) is 11.3. The van der Waals surface area contributed by atoms with E-state index in [0.29, 0.717) is 25.7 Å². The molecule has 1 aliphatic rings. The Bertz CT molecular complexity index is 1230. The van der Waals surface area contributed by atoms with Crippen LogP contribution in [0.1, 0.15) is 61.4 Å². The molecular formula is C24H29ClF5N3O3S. The zero-order valence-electron chi connectivity index (χ0n) is 20.6. The quantitative estimate of drug-likeness (QED) is 0.429. The number of hydrogen-bond acceptors (Lipinski definition) is 4. The number of carbonyl (C=O) groups excluding carboxylic acids is 1. The molecule has 206 valence electrons. The summed E-state index contributed by atoms with van der Waals surface area (Å²) in [5.41, 5.74) is -1.03. The van der Waals surface area contributed by atoms with E-state index < -0.39 is 51.6 Å². The molecule has 0 bridgehead atoms. The van der Waals surface area contributed by atoms with Gasteiger partial charge in [-0.3, -0.25) is 9.36 Å². The van der Waals surface area contributed by atoms with Crippen LogP contribution in [-0.4, -0.2) is 48.1 Å². The zero-order chi connectivity index (χ0) is 27.7. The van der Waals surface area contributed by atoms with Crippen molar-refractivity contribution in [3.8, 4) is 5.69 Å². The third-order valence-corrected chi connectivity index (χ3v) is 8.80. The normalized spacial score (nSPS) is 19.6. The molecule has 0 aliphatic heterocycles. The highest BCUT2D eigenvalue weighted by molar-refractivity contribution is 7.91. The highest BCUT2D eigenvalue weighted by Gasteiger charge is 2.36. The molecule has 1 atom stereocenters. The number of halogens is 6. The topological polar surface area (TPSA) is 81.1 Å². The third-order valence-electron chi connectivity index (χ3n) is 6.77. The lowest BCUT2D eigenvalue weighted by Crippen LogP contribution is -2.34. The van der Waals surface area contributed by atoms with Gasteiger partial charge in [-0.05, 0) is 55.7 Å². The summed E-state index contributed by atoms with van der Waals surface area (Å²) in [5.74, 6) is -4.55.